The van der Waals surface area contributed by atoms with Crippen LogP contribution in [0.4, 0.5) is 5.69 Å². The Morgan fingerprint density at radius 1 is 1.13 bits per heavy atom. The van der Waals surface area contributed by atoms with E-state index in [0.717, 1.165) is 17.1 Å². The monoisotopic (exact) mass is 329 g/mol. The highest BCUT2D eigenvalue weighted by atomic mass is 35.5. The van der Waals surface area contributed by atoms with Gasteiger partial charge in [-0.1, -0.05) is 11.6 Å². The lowest BCUT2D eigenvalue weighted by Crippen LogP contribution is -2.13. The maximum absolute atomic E-state index is 12.1. The molecule has 0 saturated carbocycles. The van der Waals surface area contributed by atoms with Crippen molar-refractivity contribution >= 4 is 23.2 Å². The third-order valence-electron chi connectivity index (χ3n) is 3.52. The average molecular weight is 330 g/mol. The quantitative estimate of drug-likeness (QED) is 0.803. The molecule has 2 aromatic heterocycles. The van der Waals surface area contributed by atoms with Crippen LogP contribution < -0.4 is 5.32 Å². The highest BCUT2D eigenvalue weighted by Gasteiger charge is 2.12. The lowest BCUT2D eigenvalue weighted by Gasteiger charge is -2.07. The van der Waals surface area contributed by atoms with Gasteiger partial charge in [0, 0.05) is 18.9 Å². The largest absolute Gasteiger partial charge is 0.321 e. The summed E-state index contributed by atoms with van der Waals surface area (Å²) < 4.78 is 3.37. The van der Waals surface area contributed by atoms with Crippen molar-refractivity contribution < 1.29 is 4.79 Å². The molecule has 7 heteroatoms. The number of carbonyl (C=O) groups excluding carboxylic acids is 1. The molecule has 6 nitrogen and oxygen atoms in total. The van der Waals surface area contributed by atoms with Crippen LogP contribution >= 0.6 is 11.6 Å². The van der Waals surface area contributed by atoms with Crippen molar-refractivity contribution in [1.82, 2.24) is 19.6 Å². The Labute approximate surface area is 138 Å². The summed E-state index contributed by atoms with van der Waals surface area (Å²) >= 11 is 6.17. The van der Waals surface area contributed by atoms with Crippen LogP contribution in [0.15, 0.2) is 36.5 Å². The summed E-state index contributed by atoms with van der Waals surface area (Å²) in [5.41, 5.74) is 3.62. The molecular weight excluding hydrogens is 314 g/mol. The van der Waals surface area contributed by atoms with Crippen molar-refractivity contribution in [2.24, 2.45) is 7.05 Å². The molecule has 118 valence electrons. The van der Waals surface area contributed by atoms with Gasteiger partial charge in [-0.15, -0.1) is 0 Å². The first-order valence-corrected chi connectivity index (χ1v) is 7.46. The fourth-order valence-electron chi connectivity index (χ4n) is 2.29. The molecule has 0 aliphatic rings. The van der Waals surface area contributed by atoms with Crippen LogP contribution in [0.1, 0.15) is 21.9 Å². The number of nitrogens with zero attached hydrogens (tertiary/aromatic N) is 4. The van der Waals surface area contributed by atoms with Crippen LogP contribution in [-0.4, -0.2) is 25.5 Å². The molecule has 2 heterocycles. The number of anilines is 1. The standard InChI is InChI=1S/C16H16ClN5O/c1-10-15(17)11(2)22(19-10)13-6-4-12(5-7-13)18-16(23)14-8-9-21(3)20-14/h4-9H,1-3H3,(H,18,23). The van der Waals surface area contributed by atoms with Gasteiger partial charge >= 0.3 is 0 Å². The van der Waals surface area contributed by atoms with E-state index in [9.17, 15) is 4.79 Å². The van der Waals surface area contributed by atoms with Crippen molar-refractivity contribution in [3.8, 4) is 5.69 Å². The van der Waals surface area contributed by atoms with Gasteiger partial charge in [0.05, 0.1) is 22.1 Å². The molecule has 0 aliphatic carbocycles. The number of halogens is 1. The molecule has 0 bridgehead atoms. The average Bonchev–Trinajstić information content (AvgIpc) is 3.08. The molecule has 0 fully saturated rings. The van der Waals surface area contributed by atoms with Gasteiger partial charge in [-0.2, -0.15) is 10.2 Å². The summed E-state index contributed by atoms with van der Waals surface area (Å²) in [6.07, 6.45) is 1.73. The summed E-state index contributed by atoms with van der Waals surface area (Å²) in [4.78, 5) is 12.1. The van der Waals surface area contributed by atoms with E-state index >= 15 is 0 Å². The number of hydrogen-bond acceptors (Lipinski definition) is 3. The molecule has 0 saturated heterocycles. The van der Waals surface area contributed by atoms with Crippen molar-refractivity contribution in [2.75, 3.05) is 5.32 Å². The summed E-state index contributed by atoms with van der Waals surface area (Å²) in [7, 11) is 1.77. The summed E-state index contributed by atoms with van der Waals surface area (Å²) in [5, 5.41) is 12.0. The first kappa shape index (κ1) is 15.3. The maximum atomic E-state index is 12.1. The number of nitrogens with one attached hydrogen (secondary N) is 1. The number of aryl methyl sites for hydroxylation is 2. The van der Waals surface area contributed by atoms with Crippen molar-refractivity contribution in [2.45, 2.75) is 13.8 Å². The lowest BCUT2D eigenvalue weighted by molar-refractivity contribution is 0.102. The Kier molecular flexibility index (Phi) is 3.92. The lowest BCUT2D eigenvalue weighted by atomic mass is 10.2. The van der Waals surface area contributed by atoms with Gasteiger partial charge in [0.25, 0.3) is 5.91 Å². The normalized spacial score (nSPS) is 10.8. The van der Waals surface area contributed by atoms with E-state index in [-0.39, 0.29) is 5.91 Å². The molecule has 0 unspecified atom stereocenters. The second kappa shape index (κ2) is 5.89. The first-order chi connectivity index (χ1) is 11.0. The Balaban J connectivity index is 1.79. The number of hydrogen-bond donors (Lipinski definition) is 1. The number of aromatic nitrogens is 4. The zero-order chi connectivity index (χ0) is 16.6. The van der Waals surface area contributed by atoms with E-state index in [1.807, 2.05) is 38.1 Å². The Morgan fingerprint density at radius 2 is 1.83 bits per heavy atom. The molecule has 23 heavy (non-hydrogen) atoms. The van der Waals surface area contributed by atoms with E-state index in [4.69, 9.17) is 11.6 Å². The zero-order valence-corrected chi connectivity index (χ0v) is 13.8. The van der Waals surface area contributed by atoms with Crippen LogP contribution in [0.25, 0.3) is 5.69 Å². The minimum Gasteiger partial charge on any atom is -0.321 e. The number of benzene rings is 1. The summed E-state index contributed by atoms with van der Waals surface area (Å²) in [6, 6.07) is 9.07. The van der Waals surface area contributed by atoms with E-state index in [2.05, 4.69) is 15.5 Å². The minimum absolute atomic E-state index is 0.243. The Morgan fingerprint density at radius 3 is 2.35 bits per heavy atom. The highest BCUT2D eigenvalue weighted by Crippen LogP contribution is 2.23. The van der Waals surface area contributed by atoms with Gasteiger partial charge in [-0.25, -0.2) is 4.68 Å². The van der Waals surface area contributed by atoms with Crippen LogP contribution in [0.5, 0.6) is 0 Å². The third-order valence-corrected chi connectivity index (χ3v) is 4.07. The molecule has 1 amide bonds. The smallest absolute Gasteiger partial charge is 0.276 e. The van der Waals surface area contributed by atoms with E-state index < -0.39 is 0 Å². The third kappa shape index (κ3) is 2.98. The maximum Gasteiger partial charge on any atom is 0.276 e. The van der Waals surface area contributed by atoms with Crippen LogP contribution in [0.3, 0.4) is 0 Å². The van der Waals surface area contributed by atoms with E-state index in [1.54, 1.807) is 28.7 Å². The first-order valence-electron chi connectivity index (χ1n) is 7.09. The number of rotatable bonds is 3. The summed E-state index contributed by atoms with van der Waals surface area (Å²) in [6.45, 7) is 3.78. The SMILES string of the molecule is Cc1nn(-c2ccc(NC(=O)c3ccn(C)n3)cc2)c(C)c1Cl. The van der Waals surface area contributed by atoms with Crippen molar-refractivity contribution in [3.63, 3.8) is 0 Å². The van der Waals surface area contributed by atoms with Gasteiger partial charge < -0.3 is 5.32 Å². The predicted octanol–water partition coefficient (Wildman–Crippen LogP) is 3.13. The van der Waals surface area contributed by atoms with E-state index in [0.29, 0.717) is 16.4 Å². The summed E-state index contributed by atoms with van der Waals surface area (Å²) in [5.74, 6) is -0.243. The van der Waals surface area contributed by atoms with Crippen molar-refractivity contribution in [1.29, 1.82) is 0 Å². The minimum atomic E-state index is -0.243. The molecule has 0 spiro atoms. The van der Waals surface area contributed by atoms with Crippen molar-refractivity contribution in [3.05, 3.63) is 58.6 Å². The molecule has 1 N–H and O–H groups in total. The fraction of sp³-hybridized carbons (Fsp3) is 0.188. The molecule has 0 atom stereocenters. The highest BCUT2D eigenvalue weighted by molar-refractivity contribution is 6.31. The van der Waals surface area contributed by atoms with Gasteiger partial charge in [0.1, 0.15) is 0 Å². The number of amides is 1. The molecule has 0 aliphatic heterocycles. The van der Waals surface area contributed by atoms with Gasteiger partial charge in [0.2, 0.25) is 0 Å². The fourth-order valence-corrected chi connectivity index (χ4v) is 2.41. The molecule has 3 aromatic rings. The van der Waals surface area contributed by atoms with Crippen LogP contribution in [0.2, 0.25) is 5.02 Å². The Bertz CT molecular complexity index is 863. The topological polar surface area (TPSA) is 64.7 Å². The Hall–Kier alpha value is -2.60. The van der Waals surface area contributed by atoms with Gasteiger partial charge in [0.15, 0.2) is 5.69 Å². The van der Waals surface area contributed by atoms with Crippen LogP contribution in [0, 0.1) is 13.8 Å². The van der Waals surface area contributed by atoms with Gasteiger partial charge in [-0.3, -0.25) is 9.48 Å². The van der Waals surface area contributed by atoms with Crippen LogP contribution in [-0.2, 0) is 7.05 Å². The van der Waals surface area contributed by atoms with E-state index in [1.165, 1.54) is 0 Å². The second-order valence-corrected chi connectivity index (χ2v) is 5.65. The second-order valence-electron chi connectivity index (χ2n) is 5.27. The predicted molar refractivity (Wildman–Crippen MR) is 89.2 cm³/mol. The molecule has 1 aromatic carbocycles. The molecule has 0 radical (unpaired) electrons. The van der Waals surface area contributed by atoms with Gasteiger partial charge in [-0.05, 0) is 44.2 Å². The number of carbonyl (C=O) groups is 1. The molecule has 3 rings (SSSR count). The zero-order valence-electron chi connectivity index (χ0n) is 13.0. The molecular formula is C16H16ClN5O.